The Kier molecular flexibility index (Phi) is 4.27. The quantitative estimate of drug-likeness (QED) is 0.714. The Hall–Kier alpha value is -0.330. The molecule has 17 heavy (non-hydrogen) atoms. The van der Waals surface area contributed by atoms with Crippen LogP contribution in [-0.4, -0.2) is 48.9 Å². The van der Waals surface area contributed by atoms with Crippen LogP contribution < -0.4 is 0 Å². The molecular weight excluding hydrogens is 351 g/mol. The fourth-order valence-corrected chi connectivity index (χ4v) is 2.34. The number of likely N-dealkylation sites (N-methyl/N-ethyl adjacent to an activating group) is 1. The number of halogens is 2. The summed E-state index contributed by atoms with van der Waals surface area (Å²) in [7, 11) is 2.07. The maximum Gasteiger partial charge on any atom is 0.253 e. The molecule has 0 spiro atoms. The molecule has 0 radical (unpaired) electrons. The molecule has 1 aliphatic heterocycles. The Balaban J connectivity index is 2.11. The van der Waals surface area contributed by atoms with Gasteiger partial charge in [0.05, 0.1) is 5.02 Å². The van der Waals surface area contributed by atoms with E-state index in [9.17, 15) is 4.79 Å². The Morgan fingerprint density at radius 3 is 2.53 bits per heavy atom. The second-order valence-corrected chi connectivity index (χ2v) is 5.79. The number of amides is 1. The minimum absolute atomic E-state index is 0.0800. The van der Waals surface area contributed by atoms with Gasteiger partial charge in [0.15, 0.2) is 0 Å². The highest BCUT2D eigenvalue weighted by Crippen LogP contribution is 2.20. The zero-order valence-electron chi connectivity index (χ0n) is 9.62. The first-order chi connectivity index (χ1) is 8.08. The Labute approximate surface area is 120 Å². The zero-order chi connectivity index (χ0) is 12.4. The van der Waals surface area contributed by atoms with Crippen LogP contribution in [0.15, 0.2) is 18.2 Å². The first-order valence-corrected chi connectivity index (χ1v) is 6.96. The number of carbonyl (C=O) groups excluding carboxylic acids is 1. The van der Waals surface area contributed by atoms with E-state index in [-0.39, 0.29) is 5.91 Å². The molecule has 0 aliphatic carbocycles. The lowest BCUT2D eigenvalue weighted by atomic mass is 10.2. The number of nitrogens with zero attached hydrogens (tertiary/aromatic N) is 2. The Morgan fingerprint density at radius 1 is 1.29 bits per heavy atom. The lowest BCUT2D eigenvalue weighted by Crippen LogP contribution is -2.47. The number of carbonyl (C=O) groups is 1. The van der Waals surface area contributed by atoms with E-state index >= 15 is 0 Å². The van der Waals surface area contributed by atoms with Gasteiger partial charge in [-0.25, -0.2) is 0 Å². The van der Waals surface area contributed by atoms with Gasteiger partial charge in [-0.15, -0.1) is 0 Å². The lowest BCUT2D eigenvalue weighted by molar-refractivity contribution is 0.0664. The molecule has 92 valence electrons. The maximum absolute atomic E-state index is 12.2. The normalized spacial score (nSPS) is 17.2. The van der Waals surface area contributed by atoms with E-state index in [2.05, 4.69) is 34.5 Å². The highest BCUT2D eigenvalue weighted by Gasteiger charge is 2.20. The summed E-state index contributed by atoms with van der Waals surface area (Å²) < 4.78 is 0.971. The Morgan fingerprint density at radius 2 is 1.94 bits per heavy atom. The summed E-state index contributed by atoms with van der Waals surface area (Å²) in [6.45, 7) is 3.45. The van der Waals surface area contributed by atoms with E-state index in [0.717, 1.165) is 29.7 Å². The predicted octanol–water partition coefficient (Wildman–Crippen LogP) is 2.33. The standard InChI is InChI=1S/C12H14ClIN2O/c1-15-4-6-16(7-5-15)12(17)9-2-3-11(14)10(13)8-9/h2-3,8H,4-7H2,1H3. The van der Waals surface area contributed by atoms with Crippen LogP contribution in [0, 0.1) is 3.57 Å². The summed E-state index contributed by atoms with van der Waals surface area (Å²) in [4.78, 5) is 16.3. The largest absolute Gasteiger partial charge is 0.336 e. The monoisotopic (exact) mass is 364 g/mol. The molecule has 0 N–H and O–H groups in total. The second-order valence-electron chi connectivity index (χ2n) is 4.22. The molecule has 1 aromatic carbocycles. The van der Waals surface area contributed by atoms with Gasteiger partial charge in [0.2, 0.25) is 0 Å². The highest BCUT2D eigenvalue weighted by atomic mass is 127. The molecule has 1 aromatic rings. The molecule has 1 fully saturated rings. The first-order valence-electron chi connectivity index (χ1n) is 5.51. The molecule has 0 unspecified atom stereocenters. The van der Waals surface area contributed by atoms with Crippen LogP contribution in [0.25, 0.3) is 0 Å². The van der Waals surface area contributed by atoms with Crippen molar-refractivity contribution in [2.75, 3.05) is 33.2 Å². The van der Waals surface area contributed by atoms with Gasteiger partial charge in [-0.1, -0.05) is 11.6 Å². The number of hydrogen-bond donors (Lipinski definition) is 0. The van der Waals surface area contributed by atoms with E-state index in [4.69, 9.17) is 11.6 Å². The maximum atomic E-state index is 12.2. The van der Waals surface area contributed by atoms with E-state index in [0.29, 0.717) is 10.6 Å². The number of hydrogen-bond acceptors (Lipinski definition) is 2. The summed E-state index contributed by atoms with van der Waals surface area (Å²) >= 11 is 8.19. The van der Waals surface area contributed by atoms with Crippen molar-refractivity contribution in [3.8, 4) is 0 Å². The summed E-state index contributed by atoms with van der Waals surface area (Å²) in [6, 6.07) is 5.48. The van der Waals surface area contributed by atoms with Crippen molar-refractivity contribution >= 4 is 40.1 Å². The fraction of sp³-hybridized carbons (Fsp3) is 0.417. The van der Waals surface area contributed by atoms with Crippen LogP contribution >= 0.6 is 34.2 Å². The smallest absolute Gasteiger partial charge is 0.253 e. The number of piperazine rings is 1. The van der Waals surface area contributed by atoms with E-state index in [1.165, 1.54) is 0 Å². The zero-order valence-corrected chi connectivity index (χ0v) is 12.5. The van der Waals surface area contributed by atoms with Crippen molar-refractivity contribution in [3.05, 3.63) is 32.4 Å². The van der Waals surface area contributed by atoms with Gasteiger partial charge >= 0.3 is 0 Å². The molecule has 5 heteroatoms. The van der Waals surface area contributed by atoms with E-state index in [1.807, 2.05) is 17.0 Å². The van der Waals surface area contributed by atoms with E-state index in [1.54, 1.807) is 6.07 Å². The van der Waals surface area contributed by atoms with Crippen molar-refractivity contribution in [1.29, 1.82) is 0 Å². The summed E-state index contributed by atoms with van der Waals surface area (Å²) in [5, 5.41) is 0.644. The van der Waals surface area contributed by atoms with Crippen LogP contribution in [0.4, 0.5) is 0 Å². The molecule has 0 bridgehead atoms. The van der Waals surface area contributed by atoms with Crippen molar-refractivity contribution < 1.29 is 4.79 Å². The topological polar surface area (TPSA) is 23.6 Å². The number of benzene rings is 1. The minimum Gasteiger partial charge on any atom is -0.336 e. The van der Waals surface area contributed by atoms with Crippen LogP contribution in [0.3, 0.4) is 0 Å². The van der Waals surface area contributed by atoms with Gasteiger partial charge in [0.1, 0.15) is 0 Å². The average molecular weight is 365 g/mol. The lowest BCUT2D eigenvalue weighted by Gasteiger charge is -2.32. The highest BCUT2D eigenvalue weighted by molar-refractivity contribution is 14.1. The third-order valence-electron chi connectivity index (χ3n) is 2.96. The molecular formula is C12H14ClIN2O. The summed E-state index contributed by atoms with van der Waals surface area (Å²) in [6.07, 6.45) is 0. The van der Waals surface area contributed by atoms with Crippen LogP contribution in [0.2, 0.25) is 5.02 Å². The van der Waals surface area contributed by atoms with Gasteiger partial charge < -0.3 is 9.80 Å². The van der Waals surface area contributed by atoms with Crippen LogP contribution in [0.5, 0.6) is 0 Å². The van der Waals surface area contributed by atoms with Gasteiger partial charge in [-0.2, -0.15) is 0 Å². The third kappa shape index (κ3) is 3.11. The van der Waals surface area contributed by atoms with Crippen LogP contribution in [-0.2, 0) is 0 Å². The van der Waals surface area contributed by atoms with Crippen molar-refractivity contribution in [2.24, 2.45) is 0 Å². The van der Waals surface area contributed by atoms with Gasteiger partial charge in [-0.3, -0.25) is 4.79 Å². The molecule has 1 amide bonds. The molecule has 1 aliphatic rings. The SMILES string of the molecule is CN1CCN(C(=O)c2ccc(I)c(Cl)c2)CC1. The minimum atomic E-state index is 0.0800. The van der Waals surface area contributed by atoms with Crippen molar-refractivity contribution in [3.63, 3.8) is 0 Å². The van der Waals surface area contributed by atoms with Crippen LogP contribution in [0.1, 0.15) is 10.4 Å². The molecule has 2 rings (SSSR count). The Bertz CT molecular complexity index is 431. The summed E-state index contributed by atoms with van der Waals surface area (Å²) in [5.74, 6) is 0.0800. The molecule has 0 aromatic heterocycles. The average Bonchev–Trinajstić information content (AvgIpc) is 2.33. The summed E-state index contributed by atoms with van der Waals surface area (Å²) in [5.41, 5.74) is 0.681. The molecule has 3 nitrogen and oxygen atoms in total. The molecule has 1 saturated heterocycles. The van der Waals surface area contributed by atoms with E-state index < -0.39 is 0 Å². The number of rotatable bonds is 1. The van der Waals surface area contributed by atoms with Crippen molar-refractivity contribution in [2.45, 2.75) is 0 Å². The molecule has 0 atom stereocenters. The predicted molar refractivity (Wildman–Crippen MR) is 77.6 cm³/mol. The first kappa shape index (κ1) is 13.1. The molecule has 1 heterocycles. The third-order valence-corrected chi connectivity index (χ3v) is 4.53. The van der Waals surface area contributed by atoms with Gasteiger partial charge in [0, 0.05) is 35.3 Å². The van der Waals surface area contributed by atoms with Crippen molar-refractivity contribution in [1.82, 2.24) is 9.80 Å². The molecule has 0 saturated carbocycles. The fourth-order valence-electron chi connectivity index (χ4n) is 1.82. The van der Waals surface area contributed by atoms with Gasteiger partial charge in [-0.05, 0) is 47.8 Å². The second kappa shape index (κ2) is 5.54. The van der Waals surface area contributed by atoms with Gasteiger partial charge in [0.25, 0.3) is 5.91 Å².